The Balaban J connectivity index is 3.02. The van der Waals surface area contributed by atoms with Crippen LogP contribution in [0.2, 0.25) is 0 Å². The molecule has 0 fully saturated rings. The summed E-state index contributed by atoms with van der Waals surface area (Å²) < 4.78 is 0. The summed E-state index contributed by atoms with van der Waals surface area (Å²) in [5.41, 5.74) is 5.26. The van der Waals surface area contributed by atoms with Crippen LogP contribution < -0.4 is 16.0 Å². The molecule has 1 heterocycles. The smallest absolute Gasteiger partial charge is 0.284 e. The van der Waals surface area contributed by atoms with Crippen molar-refractivity contribution < 1.29 is 15.6 Å². The minimum Gasteiger partial charge on any atom is -0.368 e. The molecule has 1 aromatic heterocycles. The van der Waals surface area contributed by atoms with E-state index in [-0.39, 0.29) is 23.7 Å². The fourth-order valence-corrected chi connectivity index (χ4v) is 0.778. The normalized spacial score (nSPS) is 9.80. The lowest BCUT2D eigenvalue weighted by molar-refractivity contribution is 0.0241. The third kappa shape index (κ3) is 2.74. The second kappa shape index (κ2) is 4.50. The van der Waals surface area contributed by atoms with Gasteiger partial charge in [0.25, 0.3) is 11.9 Å². The summed E-state index contributed by atoms with van der Waals surface area (Å²) in [4.78, 5) is 10.5. The molecule has 15 heavy (non-hydrogen) atoms. The Kier molecular flexibility index (Phi) is 3.33. The molecule has 0 radical (unpaired) electrons. The number of aromatic nitrogens is 3. The first-order valence-corrected chi connectivity index (χ1v) is 3.81. The minimum absolute atomic E-state index is 0.0553. The number of nitrogens with zero attached hydrogens (tertiary/aromatic N) is 5. The molecule has 0 unspecified atom stereocenters. The van der Waals surface area contributed by atoms with E-state index >= 15 is 0 Å². The van der Waals surface area contributed by atoms with Gasteiger partial charge in [0, 0.05) is 0 Å². The highest BCUT2D eigenvalue weighted by molar-refractivity contribution is 5.39. The molecule has 9 nitrogen and oxygen atoms in total. The Labute approximate surface area is 84.6 Å². The first-order chi connectivity index (χ1) is 7.04. The molecule has 0 aromatic carbocycles. The molecule has 0 saturated carbocycles. The summed E-state index contributed by atoms with van der Waals surface area (Å²) in [5, 5.41) is 26.9. The van der Waals surface area contributed by atoms with Gasteiger partial charge in [-0.2, -0.15) is 15.0 Å². The molecule has 5 N–H and O–H groups in total. The van der Waals surface area contributed by atoms with Crippen LogP contribution in [0.1, 0.15) is 0 Å². The fourth-order valence-electron chi connectivity index (χ4n) is 0.778. The summed E-state index contributed by atoms with van der Waals surface area (Å²) >= 11 is 0. The molecule has 82 valence electrons. The number of hydroxylamine groups is 1. The van der Waals surface area contributed by atoms with Crippen molar-refractivity contribution >= 4 is 17.8 Å². The van der Waals surface area contributed by atoms with Gasteiger partial charge in [0.15, 0.2) is 0 Å². The molecule has 1 rings (SSSR count). The molecule has 0 bridgehead atoms. The maximum atomic E-state index is 9.32. The van der Waals surface area contributed by atoms with Crippen molar-refractivity contribution in [3.63, 3.8) is 0 Å². The lowest BCUT2D eigenvalue weighted by Crippen LogP contribution is -2.24. The van der Waals surface area contributed by atoms with Crippen molar-refractivity contribution in [3.05, 3.63) is 12.7 Å². The summed E-state index contributed by atoms with van der Waals surface area (Å²) in [6.07, 6.45) is 1.40. The van der Waals surface area contributed by atoms with Crippen LogP contribution in [0.25, 0.3) is 0 Å². The highest BCUT2D eigenvalue weighted by Gasteiger charge is 2.12. The molecule has 0 amide bonds. The number of nitrogens with two attached hydrogens (primary N) is 1. The van der Waals surface area contributed by atoms with Crippen LogP contribution in [0.3, 0.4) is 0 Å². The second-order valence-electron chi connectivity index (χ2n) is 2.45. The standard InChI is InChI=1S/C6H10N6O3/c1-2-3-11(13)5-8-4(7)9-6(10-5)12(14)15/h2,13-15H,1,3H2,(H2,7,8,9,10). The van der Waals surface area contributed by atoms with Crippen molar-refractivity contribution in [2.24, 2.45) is 0 Å². The van der Waals surface area contributed by atoms with Crippen LogP contribution in [-0.2, 0) is 0 Å². The van der Waals surface area contributed by atoms with Crippen LogP contribution in [0, 0.1) is 0 Å². The lowest BCUT2D eigenvalue weighted by atomic mass is 10.6. The lowest BCUT2D eigenvalue weighted by Gasteiger charge is -2.14. The molecule has 0 spiro atoms. The monoisotopic (exact) mass is 214 g/mol. The first kappa shape index (κ1) is 11.1. The number of hydrogen-bond acceptors (Lipinski definition) is 9. The van der Waals surface area contributed by atoms with E-state index in [0.717, 1.165) is 0 Å². The van der Waals surface area contributed by atoms with Gasteiger partial charge in [0.2, 0.25) is 5.95 Å². The van der Waals surface area contributed by atoms with E-state index in [2.05, 4.69) is 21.5 Å². The van der Waals surface area contributed by atoms with E-state index in [1.165, 1.54) is 6.08 Å². The molecule has 9 heteroatoms. The third-order valence-corrected chi connectivity index (χ3v) is 1.34. The van der Waals surface area contributed by atoms with E-state index in [0.29, 0.717) is 5.06 Å². The number of rotatable bonds is 4. The predicted molar refractivity (Wildman–Crippen MR) is 49.6 cm³/mol. The maximum Gasteiger partial charge on any atom is 0.284 e. The average molecular weight is 214 g/mol. The molecule has 0 aliphatic carbocycles. The highest BCUT2D eigenvalue weighted by Crippen LogP contribution is 2.11. The molecule has 0 aliphatic rings. The minimum atomic E-state index is -0.499. The van der Waals surface area contributed by atoms with Gasteiger partial charge in [-0.15, -0.1) is 6.58 Å². The van der Waals surface area contributed by atoms with Gasteiger partial charge in [0.1, 0.15) is 0 Å². The van der Waals surface area contributed by atoms with Gasteiger partial charge in [-0.3, -0.25) is 15.6 Å². The van der Waals surface area contributed by atoms with Crippen LogP contribution in [0.5, 0.6) is 0 Å². The summed E-state index contributed by atoms with van der Waals surface area (Å²) in [5.74, 6) is -0.975. The zero-order valence-corrected chi connectivity index (χ0v) is 7.65. The van der Waals surface area contributed by atoms with Gasteiger partial charge >= 0.3 is 0 Å². The van der Waals surface area contributed by atoms with Crippen molar-refractivity contribution in [1.29, 1.82) is 0 Å². The molecule has 1 aromatic rings. The molecular weight excluding hydrogens is 204 g/mol. The molecule has 0 aliphatic heterocycles. The molecule has 0 atom stereocenters. The zero-order chi connectivity index (χ0) is 11.4. The summed E-state index contributed by atoms with van der Waals surface area (Å²) in [7, 11) is 0. The van der Waals surface area contributed by atoms with E-state index in [1.807, 2.05) is 0 Å². The number of nitrogen functional groups attached to an aromatic ring is 1. The van der Waals surface area contributed by atoms with Crippen molar-refractivity contribution in [3.8, 4) is 0 Å². The van der Waals surface area contributed by atoms with Gasteiger partial charge in [-0.25, -0.2) is 5.06 Å². The number of hydrogen-bond donors (Lipinski definition) is 4. The number of anilines is 3. The predicted octanol–water partition coefficient (Wildman–Crippen LogP) is -0.580. The second-order valence-corrected chi connectivity index (χ2v) is 2.45. The largest absolute Gasteiger partial charge is 0.368 e. The first-order valence-electron chi connectivity index (χ1n) is 3.81. The highest BCUT2D eigenvalue weighted by atomic mass is 16.8. The van der Waals surface area contributed by atoms with Crippen molar-refractivity contribution in [2.45, 2.75) is 0 Å². The maximum absolute atomic E-state index is 9.32. The third-order valence-electron chi connectivity index (χ3n) is 1.34. The van der Waals surface area contributed by atoms with E-state index in [9.17, 15) is 5.21 Å². The van der Waals surface area contributed by atoms with Gasteiger partial charge in [-0.1, -0.05) is 11.3 Å². The van der Waals surface area contributed by atoms with Crippen LogP contribution in [0.15, 0.2) is 12.7 Å². The van der Waals surface area contributed by atoms with Crippen LogP contribution >= 0.6 is 0 Å². The Bertz CT molecular complexity index is 357. The Morgan fingerprint density at radius 2 is 1.80 bits per heavy atom. The summed E-state index contributed by atoms with van der Waals surface area (Å²) in [6.45, 7) is 3.45. The van der Waals surface area contributed by atoms with Crippen molar-refractivity contribution in [1.82, 2.24) is 15.0 Å². The molecule has 0 saturated heterocycles. The fraction of sp³-hybridized carbons (Fsp3) is 0.167. The average Bonchev–Trinajstić information content (AvgIpc) is 2.17. The summed E-state index contributed by atoms with van der Waals surface area (Å²) in [6, 6.07) is 0. The topological polar surface area (TPSA) is 132 Å². The Morgan fingerprint density at radius 1 is 1.20 bits per heavy atom. The Morgan fingerprint density at radius 3 is 2.33 bits per heavy atom. The van der Waals surface area contributed by atoms with Gasteiger partial charge in [0.05, 0.1) is 6.54 Å². The van der Waals surface area contributed by atoms with Crippen LogP contribution in [0.4, 0.5) is 17.8 Å². The van der Waals surface area contributed by atoms with E-state index in [4.69, 9.17) is 16.1 Å². The Hall–Kier alpha value is -1.97. The van der Waals surface area contributed by atoms with Crippen molar-refractivity contribution in [2.75, 3.05) is 22.6 Å². The van der Waals surface area contributed by atoms with E-state index in [1.54, 1.807) is 0 Å². The SMILES string of the molecule is C=CCN(O)c1nc(N)nc(N(O)O)n1. The zero-order valence-electron chi connectivity index (χ0n) is 7.65. The van der Waals surface area contributed by atoms with Crippen LogP contribution in [-0.4, -0.2) is 37.1 Å². The molecular formula is C6H10N6O3. The van der Waals surface area contributed by atoms with E-state index < -0.39 is 5.95 Å². The quantitative estimate of drug-likeness (QED) is 0.383. The van der Waals surface area contributed by atoms with Gasteiger partial charge < -0.3 is 5.73 Å². The van der Waals surface area contributed by atoms with Gasteiger partial charge in [-0.05, 0) is 0 Å².